The summed E-state index contributed by atoms with van der Waals surface area (Å²) in [5.74, 6) is 1.32. The molecule has 0 unspecified atom stereocenters. The van der Waals surface area contributed by atoms with Crippen LogP contribution in [0.2, 0.25) is 0 Å². The number of hydrogen-bond donors (Lipinski definition) is 2. The smallest absolute Gasteiger partial charge is 0.251 e. The number of hydrogen-bond acceptors (Lipinski definition) is 6. The SMILES string of the molecule is Cc1noc(C)c1COc1ccc(C(=O)NCc2ccc(CN3CCC(O)CC3)cc2)cc1. The summed E-state index contributed by atoms with van der Waals surface area (Å²) >= 11 is 0. The topological polar surface area (TPSA) is 87.8 Å². The average Bonchev–Trinajstić information content (AvgIpc) is 3.16. The first-order valence-electron chi connectivity index (χ1n) is 11.4. The third-order valence-electron chi connectivity index (χ3n) is 6.12. The average molecular weight is 450 g/mol. The molecule has 0 aliphatic carbocycles. The molecule has 1 aliphatic rings. The summed E-state index contributed by atoms with van der Waals surface area (Å²) in [5.41, 5.74) is 4.65. The highest BCUT2D eigenvalue weighted by molar-refractivity contribution is 5.94. The van der Waals surface area contributed by atoms with Crippen LogP contribution in [0.15, 0.2) is 53.1 Å². The Balaban J connectivity index is 1.23. The summed E-state index contributed by atoms with van der Waals surface area (Å²) in [6.45, 7) is 7.36. The van der Waals surface area contributed by atoms with Gasteiger partial charge in [0.05, 0.1) is 17.4 Å². The van der Waals surface area contributed by atoms with Gasteiger partial charge in [-0.1, -0.05) is 29.4 Å². The fourth-order valence-electron chi connectivity index (χ4n) is 3.95. The van der Waals surface area contributed by atoms with Gasteiger partial charge in [-0.25, -0.2) is 0 Å². The second kappa shape index (κ2) is 10.6. The number of nitrogens with one attached hydrogen (secondary N) is 1. The van der Waals surface area contributed by atoms with Gasteiger partial charge in [0.15, 0.2) is 0 Å². The number of carbonyl (C=O) groups is 1. The van der Waals surface area contributed by atoms with E-state index in [9.17, 15) is 9.90 Å². The fraction of sp³-hybridized carbons (Fsp3) is 0.385. The van der Waals surface area contributed by atoms with E-state index in [0.717, 1.165) is 55.1 Å². The van der Waals surface area contributed by atoms with E-state index in [1.54, 1.807) is 24.3 Å². The number of aromatic nitrogens is 1. The maximum Gasteiger partial charge on any atom is 0.251 e. The van der Waals surface area contributed by atoms with Crippen LogP contribution < -0.4 is 10.1 Å². The van der Waals surface area contributed by atoms with Gasteiger partial charge < -0.3 is 19.7 Å². The fourth-order valence-corrected chi connectivity index (χ4v) is 3.95. The van der Waals surface area contributed by atoms with Crippen LogP contribution in [-0.4, -0.2) is 40.3 Å². The molecule has 1 fully saturated rings. The van der Waals surface area contributed by atoms with Crippen molar-refractivity contribution in [1.29, 1.82) is 0 Å². The third-order valence-corrected chi connectivity index (χ3v) is 6.12. The number of nitrogens with zero attached hydrogens (tertiary/aromatic N) is 2. The number of carbonyl (C=O) groups excluding carboxylic acids is 1. The van der Waals surface area contributed by atoms with Gasteiger partial charge in [-0.3, -0.25) is 9.69 Å². The van der Waals surface area contributed by atoms with Gasteiger partial charge in [0.2, 0.25) is 0 Å². The van der Waals surface area contributed by atoms with Crippen molar-refractivity contribution in [3.8, 4) is 5.75 Å². The zero-order chi connectivity index (χ0) is 23.2. The molecular formula is C26H31N3O4. The van der Waals surface area contributed by atoms with E-state index in [0.29, 0.717) is 24.5 Å². The van der Waals surface area contributed by atoms with Crippen LogP contribution in [0.1, 0.15) is 51.3 Å². The van der Waals surface area contributed by atoms with Gasteiger partial charge in [-0.05, 0) is 62.1 Å². The number of ether oxygens (including phenoxy) is 1. The predicted octanol–water partition coefficient (Wildman–Crippen LogP) is 3.76. The molecule has 2 N–H and O–H groups in total. The number of aryl methyl sites for hydroxylation is 2. The molecule has 7 nitrogen and oxygen atoms in total. The molecule has 1 aromatic heterocycles. The number of rotatable bonds is 8. The second-order valence-electron chi connectivity index (χ2n) is 8.62. The minimum Gasteiger partial charge on any atom is -0.489 e. The third kappa shape index (κ3) is 6.21. The number of benzene rings is 2. The summed E-state index contributed by atoms with van der Waals surface area (Å²) in [7, 11) is 0. The van der Waals surface area contributed by atoms with Crippen LogP contribution in [-0.2, 0) is 19.7 Å². The lowest BCUT2D eigenvalue weighted by molar-refractivity contribution is 0.0792. The number of aliphatic hydroxyl groups excluding tert-OH is 1. The molecule has 0 saturated carbocycles. The summed E-state index contributed by atoms with van der Waals surface area (Å²) in [5, 5.41) is 16.5. The molecule has 2 heterocycles. The van der Waals surface area contributed by atoms with Gasteiger partial charge in [-0.15, -0.1) is 0 Å². The van der Waals surface area contributed by atoms with Crippen molar-refractivity contribution in [2.45, 2.75) is 52.5 Å². The van der Waals surface area contributed by atoms with Gasteiger partial charge >= 0.3 is 0 Å². The van der Waals surface area contributed by atoms with Gasteiger partial charge in [0.1, 0.15) is 18.1 Å². The van der Waals surface area contributed by atoms with Crippen molar-refractivity contribution in [3.63, 3.8) is 0 Å². The highest BCUT2D eigenvalue weighted by Crippen LogP contribution is 2.18. The lowest BCUT2D eigenvalue weighted by Crippen LogP contribution is -2.35. The van der Waals surface area contributed by atoms with Crippen molar-refractivity contribution >= 4 is 5.91 Å². The largest absolute Gasteiger partial charge is 0.489 e. The summed E-state index contributed by atoms with van der Waals surface area (Å²) < 4.78 is 10.9. The zero-order valence-electron chi connectivity index (χ0n) is 19.2. The first-order chi connectivity index (χ1) is 16.0. The highest BCUT2D eigenvalue weighted by atomic mass is 16.5. The first-order valence-corrected chi connectivity index (χ1v) is 11.4. The molecule has 1 amide bonds. The Bertz CT molecular complexity index is 1030. The Morgan fingerprint density at radius 2 is 1.76 bits per heavy atom. The molecule has 0 radical (unpaired) electrons. The van der Waals surface area contributed by atoms with Crippen LogP contribution in [0, 0.1) is 13.8 Å². The van der Waals surface area contributed by atoms with E-state index < -0.39 is 0 Å². The Labute approximate surface area is 194 Å². The van der Waals surface area contributed by atoms with Gasteiger partial charge in [0, 0.05) is 31.7 Å². The molecule has 0 bridgehead atoms. The minimum atomic E-state index is -0.149. The maximum atomic E-state index is 12.5. The van der Waals surface area contributed by atoms with E-state index in [-0.39, 0.29) is 12.0 Å². The van der Waals surface area contributed by atoms with Crippen molar-refractivity contribution in [1.82, 2.24) is 15.4 Å². The molecule has 33 heavy (non-hydrogen) atoms. The van der Waals surface area contributed by atoms with Crippen LogP contribution in [0.25, 0.3) is 0 Å². The van der Waals surface area contributed by atoms with Crippen molar-refractivity contribution in [3.05, 3.63) is 82.2 Å². The first kappa shape index (κ1) is 23.0. The number of piperidine rings is 1. The van der Waals surface area contributed by atoms with Crippen LogP contribution in [0.3, 0.4) is 0 Å². The van der Waals surface area contributed by atoms with Crippen molar-refractivity contribution < 1.29 is 19.2 Å². The zero-order valence-corrected chi connectivity index (χ0v) is 19.2. The summed E-state index contributed by atoms with van der Waals surface area (Å²) in [4.78, 5) is 14.9. The molecule has 0 atom stereocenters. The molecule has 2 aromatic carbocycles. The quantitative estimate of drug-likeness (QED) is 0.545. The Kier molecular flexibility index (Phi) is 7.42. The highest BCUT2D eigenvalue weighted by Gasteiger charge is 2.17. The molecule has 1 saturated heterocycles. The Hall–Kier alpha value is -3.16. The predicted molar refractivity (Wildman–Crippen MR) is 125 cm³/mol. The molecule has 7 heteroatoms. The summed E-state index contributed by atoms with van der Waals surface area (Å²) in [6.07, 6.45) is 1.54. The van der Waals surface area contributed by atoms with Crippen molar-refractivity contribution in [2.75, 3.05) is 13.1 Å². The lowest BCUT2D eigenvalue weighted by Gasteiger charge is -2.29. The molecule has 4 rings (SSSR count). The molecule has 1 aliphatic heterocycles. The van der Waals surface area contributed by atoms with E-state index in [2.05, 4.69) is 39.6 Å². The minimum absolute atomic E-state index is 0.122. The van der Waals surface area contributed by atoms with Crippen molar-refractivity contribution in [2.24, 2.45) is 0 Å². The molecule has 3 aromatic rings. The number of aliphatic hydroxyl groups is 1. The van der Waals surface area contributed by atoms with E-state index in [1.807, 2.05) is 13.8 Å². The van der Waals surface area contributed by atoms with Gasteiger partial charge in [0.25, 0.3) is 5.91 Å². The normalized spacial score (nSPS) is 14.9. The Morgan fingerprint density at radius 3 is 2.39 bits per heavy atom. The second-order valence-corrected chi connectivity index (χ2v) is 8.62. The van der Waals surface area contributed by atoms with Crippen LogP contribution in [0.5, 0.6) is 5.75 Å². The lowest BCUT2D eigenvalue weighted by atomic mass is 10.1. The maximum absolute atomic E-state index is 12.5. The molecule has 174 valence electrons. The van der Waals surface area contributed by atoms with Gasteiger partial charge in [-0.2, -0.15) is 0 Å². The molecule has 0 spiro atoms. The van der Waals surface area contributed by atoms with E-state index >= 15 is 0 Å². The number of likely N-dealkylation sites (tertiary alicyclic amines) is 1. The van der Waals surface area contributed by atoms with E-state index in [1.165, 1.54) is 5.56 Å². The monoisotopic (exact) mass is 449 g/mol. The Morgan fingerprint density at radius 1 is 1.09 bits per heavy atom. The van der Waals surface area contributed by atoms with E-state index in [4.69, 9.17) is 9.26 Å². The number of amides is 1. The van der Waals surface area contributed by atoms with Crippen LogP contribution >= 0.6 is 0 Å². The molecular weight excluding hydrogens is 418 g/mol. The standard InChI is InChI=1S/C26H31N3O4/c1-18-25(19(2)33-28-18)17-32-24-9-7-22(8-10-24)26(31)27-15-20-3-5-21(6-4-20)16-29-13-11-23(30)12-14-29/h3-10,23,30H,11-17H2,1-2H3,(H,27,31). The summed E-state index contributed by atoms with van der Waals surface area (Å²) in [6, 6.07) is 15.4. The van der Waals surface area contributed by atoms with Crippen LogP contribution in [0.4, 0.5) is 0 Å².